The van der Waals surface area contributed by atoms with Crippen molar-refractivity contribution in [2.45, 2.75) is 45.2 Å². The molecule has 3 N–H and O–H groups in total. The molecular weight excluding hydrogens is 254 g/mol. The number of hydrogen-bond acceptors (Lipinski definition) is 3. The van der Waals surface area contributed by atoms with Crippen LogP contribution in [0.25, 0.3) is 0 Å². The molecular formula is C15H21N3O2. The summed E-state index contributed by atoms with van der Waals surface area (Å²) in [4.78, 5) is 23.4. The fourth-order valence-electron chi connectivity index (χ4n) is 1.87. The van der Waals surface area contributed by atoms with Gasteiger partial charge in [0.25, 0.3) is 0 Å². The Morgan fingerprint density at radius 3 is 2.75 bits per heavy atom. The summed E-state index contributed by atoms with van der Waals surface area (Å²) in [5.74, 6) is -0.329. The van der Waals surface area contributed by atoms with Gasteiger partial charge in [0.05, 0.1) is 0 Å². The van der Waals surface area contributed by atoms with Crippen LogP contribution in [0, 0.1) is 0 Å². The second-order valence-corrected chi connectivity index (χ2v) is 5.16. The highest BCUT2D eigenvalue weighted by atomic mass is 16.2. The highest BCUT2D eigenvalue weighted by Crippen LogP contribution is 2.18. The van der Waals surface area contributed by atoms with E-state index in [0.29, 0.717) is 0 Å². The predicted octanol–water partition coefficient (Wildman–Crippen LogP) is 2.04. The van der Waals surface area contributed by atoms with E-state index >= 15 is 0 Å². The standard InChI is InChI=1S/C15H21N3O2/c1-3-11-5-4-6-13(9-11)16-10(2)14(19)18-15(20)17-12-7-8-12/h4-6,9-10,12,16H,3,7-8H2,1-2H3,(H2,17,18,19,20). The van der Waals surface area contributed by atoms with Gasteiger partial charge in [-0.3, -0.25) is 10.1 Å². The first-order valence-corrected chi connectivity index (χ1v) is 7.05. The molecule has 5 heteroatoms. The van der Waals surface area contributed by atoms with Crippen molar-refractivity contribution in [3.8, 4) is 0 Å². The lowest BCUT2D eigenvalue weighted by atomic mass is 10.1. The number of hydrogen-bond donors (Lipinski definition) is 3. The summed E-state index contributed by atoms with van der Waals surface area (Å²) >= 11 is 0. The molecule has 0 spiro atoms. The van der Waals surface area contributed by atoms with Crippen molar-refractivity contribution >= 4 is 17.6 Å². The molecule has 2 rings (SSSR count). The number of carbonyl (C=O) groups is 2. The lowest BCUT2D eigenvalue weighted by molar-refractivity contribution is -0.120. The van der Waals surface area contributed by atoms with Crippen molar-refractivity contribution in [2.24, 2.45) is 0 Å². The number of nitrogens with one attached hydrogen (secondary N) is 3. The van der Waals surface area contributed by atoms with E-state index in [9.17, 15) is 9.59 Å². The molecule has 1 aromatic carbocycles. The number of imide groups is 1. The largest absolute Gasteiger partial charge is 0.374 e. The Morgan fingerprint density at radius 1 is 1.35 bits per heavy atom. The van der Waals surface area contributed by atoms with Crippen LogP contribution in [0.15, 0.2) is 24.3 Å². The van der Waals surface area contributed by atoms with Gasteiger partial charge < -0.3 is 10.6 Å². The number of amides is 3. The maximum absolute atomic E-state index is 11.9. The highest BCUT2D eigenvalue weighted by Gasteiger charge is 2.24. The molecule has 1 atom stereocenters. The van der Waals surface area contributed by atoms with Crippen molar-refractivity contribution in [1.82, 2.24) is 10.6 Å². The van der Waals surface area contributed by atoms with Gasteiger partial charge in [-0.05, 0) is 43.9 Å². The summed E-state index contributed by atoms with van der Waals surface area (Å²) in [5, 5.41) is 8.17. The second kappa shape index (κ2) is 6.41. The SMILES string of the molecule is CCc1cccc(NC(C)C(=O)NC(=O)NC2CC2)c1. The monoisotopic (exact) mass is 275 g/mol. The molecule has 1 aromatic rings. The maximum atomic E-state index is 11.9. The summed E-state index contributed by atoms with van der Waals surface area (Å²) in [5.41, 5.74) is 2.09. The Kier molecular flexibility index (Phi) is 4.61. The van der Waals surface area contributed by atoms with Gasteiger partial charge in [-0.25, -0.2) is 4.79 Å². The van der Waals surface area contributed by atoms with Gasteiger partial charge in [-0.2, -0.15) is 0 Å². The lowest BCUT2D eigenvalue weighted by Crippen LogP contribution is -2.46. The topological polar surface area (TPSA) is 70.2 Å². The summed E-state index contributed by atoms with van der Waals surface area (Å²) in [6, 6.07) is 7.28. The van der Waals surface area contributed by atoms with Crippen molar-refractivity contribution < 1.29 is 9.59 Å². The minimum absolute atomic E-state index is 0.243. The van der Waals surface area contributed by atoms with Crippen LogP contribution in [0.1, 0.15) is 32.3 Å². The number of benzene rings is 1. The third-order valence-electron chi connectivity index (χ3n) is 3.26. The first-order chi connectivity index (χ1) is 9.58. The molecule has 108 valence electrons. The van der Waals surface area contributed by atoms with Crippen molar-refractivity contribution in [3.05, 3.63) is 29.8 Å². The van der Waals surface area contributed by atoms with Gasteiger partial charge >= 0.3 is 6.03 Å². The van der Waals surface area contributed by atoms with E-state index in [1.54, 1.807) is 6.92 Å². The number of aryl methyl sites for hydroxylation is 1. The number of rotatable bonds is 5. The van der Waals surface area contributed by atoms with Crippen LogP contribution in [0.2, 0.25) is 0 Å². The van der Waals surface area contributed by atoms with Crippen LogP contribution in [0.4, 0.5) is 10.5 Å². The van der Waals surface area contributed by atoms with Crippen molar-refractivity contribution in [3.63, 3.8) is 0 Å². The van der Waals surface area contributed by atoms with Crippen LogP contribution in [-0.2, 0) is 11.2 Å². The third kappa shape index (κ3) is 4.26. The minimum atomic E-state index is -0.466. The molecule has 1 fully saturated rings. The van der Waals surface area contributed by atoms with E-state index in [4.69, 9.17) is 0 Å². The van der Waals surface area contributed by atoms with Crippen molar-refractivity contribution in [1.29, 1.82) is 0 Å². The van der Waals surface area contributed by atoms with Crippen LogP contribution in [0.3, 0.4) is 0 Å². The molecule has 0 aromatic heterocycles. The fourth-order valence-corrected chi connectivity index (χ4v) is 1.87. The smallest absolute Gasteiger partial charge is 0.321 e. The highest BCUT2D eigenvalue weighted by molar-refractivity contribution is 5.98. The first kappa shape index (κ1) is 14.4. The summed E-state index contributed by atoms with van der Waals surface area (Å²) in [6.07, 6.45) is 2.94. The van der Waals surface area contributed by atoms with Gasteiger partial charge in [0, 0.05) is 11.7 Å². The Labute approximate surface area is 119 Å². The second-order valence-electron chi connectivity index (χ2n) is 5.16. The lowest BCUT2D eigenvalue weighted by Gasteiger charge is -2.15. The van der Waals surface area contributed by atoms with Crippen LogP contribution in [0.5, 0.6) is 0 Å². The predicted molar refractivity (Wildman–Crippen MR) is 78.6 cm³/mol. The molecule has 20 heavy (non-hydrogen) atoms. The summed E-state index contributed by atoms with van der Waals surface area (Å²) < 4.78 is 0. The molecule has 0 heterocycles. The number of anilines is 1. The molecule has 0 saturated heterocycles. The van der Waals surface area contributed by atoms with Crippen LogP contribution >= 0.6 is 0 Å². The molecule has 1 aliphatic rings. The molecule has 1 aliphatic carbocycles. The Balaban J connectivity index is 1.84. The van der Waals surface area contributed by atoms with Crippen LogP contribution < -0.4 is 16.0 Å². The van der Waals surface area contributed by atoms with Gasteiger partial charge in [-0.1, -0.05) is 19.1 Å². The third-order valence-corrected chi connectivity index (χ3v) is 3.26. The van der Waals surface area contributed by atoms with Gasteiger partial charge in [0.2, 0.25) is 5.91 Å². The van der Waals surface area contributed by atoms with Gasteiger partial charge in [-0.15, -0.1) is 0 Å². The molecule has 1 saturated carbocycles. The zero-order valence-electron chi connectivity index (χ0n) is 11.9. The zero-order valence-corrected chi connectivity index (χ0v) is 11.9. The Hall–Kier alpha value is -2.04. The first-order valence-electron chi connectivity index (χ1n) is 7.05. The average Bonchev–Trinajstić information content (AvgIpc) is 3.22. The maximum Gasteiger partial charge on any atom is 0.321 e. The minimum Gasteiger partial charge on any atom is -0.374 e. The van der Waals surface area contributed by atoms with E-state index in [2.05, 4.69) is 22.9 Å². The Morgan fingerprint density at radius 2 is 2.10 bits per heavy atom. The van der Waals surface area contributed by atoms with E-state index in [1.807, 2.05) is 24.3 Å². The molecule has 5 nitrogen and oxygen atoms in total. The quantitative estimate of drug-likeness (QED) is 0.770. The summed E-state index contributed by atoms with van der Waals surface area (Å²) in [6.45, 7) is 3.82. The average molecular weight is 275 g/mol. The van der Waals surface area contributed by atoms with Gasteiger partial charge in [0.15, 0.2) is 0 Å². The van der Waals surface area contributed by atoms with Gasteiger partial charge in [0.1, 0.15) is 6.04 Å². The Bertz CT molecular complexity index is 498. The van der Waals surface area contributed by atoms with E-state index in [-0.39, 0.29) is 11.9 Å². The molecule has 3 amide bonds. The molecule has 0 aliphatic heterocycles. The summed E-state index contributed by atoms with van der Waals surface area (Å²) in [7, 11) is 0. The molecule has 0 radical (unpaired) electrons. The van der Waals surface area contributed by atoms with E-state index < -0.39 is 12.1 Å². The fraction of sp³-hybridized carbons (Fsp3) is 0.467. The van der Waals surface area contributed by atoms with E-state index in [0.717, 1.165) is 24.9 Å². The van der Waals surface area contributed by atoms with Crippen LogP contribution in [-0.4, -0.2) is 24.0 Å². The normalized spacial score (nSPS) is 15.3. The van der Waals surface area contributed by atoms with E-state index in [1.165, 1.54) is 5.56 Å². The number of carbonyl (C=O) groups excluding carboxylic acids is 2. The van der Waals surface area contributed by atoms with Crippen molar-refractivity contribution in [2.75, 3.05) is 5.32 Å². The molecule has 0 bridgehead atoms. The molecule has 1 unspecified atom stereocenters. The zero-order chi connectivity index (χ0) is 14.5. The number of urea groups is 1.